The maximum atomic E-state index is 5.78. The van der Waals surface area contributed by atoms with Gasteiger partial charge in [0.25, 0.3) is 0 Å². The molecule has 0 spiro atoms. The van der Waals surface area contributed by atoms with Crippen molar-refractivity contribution in [1.29, 1.82) is 0 Å². The second kappa shape index (κ2) is 4.83. The van der Waals surface area contributed by atoms with E-state index in [2.05, 4.69) is 19.2 Å². The molecule has 1 atom stereocenters. The van der Waals surface area contributed by atoms with E-state index in [1.54, 1.807) is 0 Å². The molecular weight excluding hydrogens is 150 g/mol. The smallest absolute Gasteiger partial charge is 0.0585 e. The molecule has 0 aromatic carbocycles. The predicted molar refractivity (Wildman–Crippen MR) is 51.3 cm³/mol. The Balaban J connectivity index is 2.01. The summed E-state index contributed by atoms with van der Waals surface area (Å²) in [5.74, 6) is 0.865. The zero-order chi connectivity index (χ0) is 8.97. The van der Waals surface area contributed by atoms with Crippen LogP contribution in [0.5, 0.6) is 0 Å². The molecule has 1 rings (SSSR count). The van der Waals surface area contributed by atoms with Crippen molar-refractivity contribution >= 4 is 0 Å². The maximum Gasteiger partial charge on any atom is 0.0585 e. The van der Waals surface area contributed by atoms with Crippen molar-refractivity contribution < 1.29 is 4.74 Å². The summed E-state index contributed by atoms with van der Waals surface area (Å²) in [4.78, 5) is 0. The summed E-state index contributed by atoms with van der Waals surface area (Å²) in [6.07, 6.45) is 4.65. The van der Waals surface area contributed by atoms with Crippen LogP contribution in [0.15, 0.2) is 0 Å². The van der Waals surface area contributed by atoms with Crippen LogP contribution in [0.25, 0.3) is 0 Å². The average Bonchev–Trinajstić information content (AvgIpc) is 2.00. The number of rotatable bonds is 5. The van der Waals surface area contributed by atoms with Crippen molar-refractivity contribution in [1.82, 2.24) is 5.32 Å². The Labute approximate surface area is 75.7 Å². The Bertz CT molecular complexity index is 121. The third kappa shape index (κ3) is 2.76. The van der Waals surface area contributed by atoms with Crippen molar-refractivity contribution in [3.63, 3.8) is 0 Å². The second-order valence-electron chi connectivity index (χ2n) is 3.87. The molecule has 2 heteroatoms. The van der Waals surface area contributed by atoms with Gasteiger partial charge < -0.3 is 10.1 Å². The largest absolute Gasteiger partial charge is 0.375 e. The summed E-state index contributed by atoms with van der Waals surface area (Å²) < 4.78 is 5.78. The van der Waals surface area contributed by atoms with E-state index in [1.807, 2.05) is 7.05 Å². The lowest BCUT2D eigenvalue weighted by Gasteiger charge is -2.36. The normalized spacial score (nSPS) is 31.2. The van der Waals surface area contributed by atoms with Crippen LogP contribution in [0.4, 0.5) is 0 Å². The maximum absolute atomic E-state index is 5.78. The van der Waals surface area contributed by atoms with E-state index in [9.17, 15) is 0 Å². The van der Waals surface area contributed by atoms with Crippen molar-refractivity contribution in [3.8, 4) is 0 Å². The van der Waals surface area contributed by atoms with Gasteiger partial charge in [-0.05, 0) is 45.7 Å². The minimum Gasteiger partial charge on any atom is -0.375 e. The van der Waals surface area contributed by atoms with E-state index in [4.69, 9.17) is 4.74 Å². The quantitative estimate of drug-likeness (QED) is 0.681. The molecule has 0 aromatic rings. The molecule has 0 amide bonds. The first-order chi connectivity index (χ1) is 5.76. The van der Waals surface area contributed by atoms with Crippen LogP contribution in [-0.2, 0) is 4.74 Å². The van der Waals surface area contributed by atoms with Crippen LogP contribution in [-0.4, -0.2) is 25.8 Å². The molecule has 12 heavy (non-hydrogen) atoms. The van der Waals surface area contributed by atoms with Crippen molar-refractivity contribution in [2.75, 3.05) is 13.6 Å². The van der Waals surface area contributed by atoms with Gasteiger partial charge in [0.2, 0.25) is 0 Å². The second-order valence-corrected chi connectivity index (χ2v) is 3.87. The van der Waals surface area contributed by atoms with Crippen LogP contribution in [0.1, 0.15) is 33.1 Å². The number of hydrogen-bond donors (Lipinski definition) is 1. The molecule has 0 aromatic heterocycles. The monoisotopic (exact) mass is 171 g/mol. The van der Waals surface area contributed by atoms with Gasteiger partial charge in [-0.3, -0.25) is 0 Å². The SMILES string of the molecule is CCC(C)OC1CC(CNC)C1. The Morgan fingerprint density at radius 2 is 2.17 bits per heavy atom. The van der Waals surface area contributed by atoms with Crippen LogP contribution < -0.4 is 5.32 Å². The Kier molecular flexibility index (Phi) is 4.02. The molecule has 1 aliphatic rings. The van der Waals surface area contributed by atoms with Gasteiger partial charge in [0.1, 0.15) is 0 Å². The first-order valence-corrected chi connectivity index (χ1v) is 5.06. The topological polar surface area (TPSA) is 21.3 Å². The van der Waals surface area contributed by atoms with Crippen LogP contribution in [0.3, 0.4) is 0 Å². The first kappa shape index (κ1) is 10.0. The first-order valence-electron chi connectivity index (χ1n) is 5.06. The molecule has 1 N–H and O–H groups in total. The van der Waals surface area contributed by atoms with Gasteiger partial charge in [0.05, 0.1) is 12.2 Å². The highest BCUT2D eigenvalue weighted by Gasteiger charge is 2.29. The standard InChI is InChI=1S/C10H21NO/c1-4-8(2)12-10-5-9(6-10)7-11-3/h8-11H,4-7H2,1-3H3. The molecule has 0 aliphatic heterocycles. The summed E-state index contributed by atoms with van der Waals surface area (Å²) in [6.45, 7) is 5.49. The third-order valence-corrected chi connectivity index (χ3v) is 2.68. The molecule has 1 aliphatic carbocycles. The van der Waals surface area contributed by atoms with Crippen LogP contribution in [0, 0.1) is 5.92 Å². The molecule has 72 valence electrons. The van der Waals surface area contributed by atoms with E-state index in [0.717, 1.165) is 18.9 Å². The molecule has 1 fully saturated rings. The van der Waals surface area contributed by atoms with E-state index in [-0.39, 0.29) is 0 Å². The van der Waals surface area contributed by atoms with E-state index < -0.39 is 0 Å². The third-order valence-electron chi connectivity index (χ3n) is 2.68. The molecule has 1 unspecified atom stereocenters. The Morgan fingerprint density at radius 3 is 2.67 bits per heavy atom. The summed E-state index contributed by atoms with van der Waals surface area (Å²) in [5.41, 5.74) is 0. The number of ether oxygens (including phenoxy) is 1. The molecular formula is C10H21NO. The van der Waals surface area contributed by atoms with Crippen molar-refractivity contribution in [3.05, 3.63) is 0 Å². The van der Waals surface area contributed by atoms with Gasteiger partial charge in [0.15, 0.2) is 0 Å². The number of hydrogen-bond acceptors (Lipinski definition) is 2. The van der Waals surface area contributed by atoms with Gasteiger partial charge in [-0.25, -0.2) is 0 Å². The minimum absolute atomic E-state index is 0.450. The van der Waals surface area contributed by atoms with Crippen molar-refractivity contribution in [2.24, 2.45) is 5.92 Å². The summed E-state index contributed by atoms with van der Waals surface area (Å²) >= 11 is 0. The lowest BCUT2D eigenvalue weighted by Crippen LogP contribution is -2.38. The van der Waals surface area contributed by atoms with Gasteiger partial charge >= 0.3 is 0 Å². The molecule has 0 radical (unpaired) electrons. The Hall–Kier alpha value is -0.0800. The van der Waals surface area contributed by atoms with E-state index in [0.29, 0.717) is 12.2 Å². The summed E-state index contributed by atoms with van der Waals surface area (Å²) in [5, 5.41) is 3.20. The fourth-order valence-electron chi connectivity index (χ4n) is 1.67. The lowest BCUT2D eigenvalue weighted by molar-refractivity contribution is -0.0686. The van der Waals surface area contributed by atoms with Gasteiger partial charge in [-0.15, -0.1) is 0 Å². The van der Waals surface area contributed by atoms with Crippen molar-refractivity contribution in [2.45, 2.75) is 45.3 Å². The Morgan fingerprint density at radius 1 is 1.50 bits per heavy atom. The summed E-state index contributed by atoms with van der Waals surface area (Å²) in [7, 11) is 2.02. The fourth-order valence-corrected chi connectivity index (χ4v) is 1.67. The fraction of sp³-hybridized carbons (Fsp3) is 1.00. The van der Waals surface area contributed by atoms with Gasteiger partial charge in [-0.1, -0.05) is 6.92 Å². The molecule has 0 saturated heterocycles. The molecule has 1 saturated carbocycles. The highest BCUT2D eigenvalue weighted by atomic mass is 16.5. The zero-order valence-corrected chi connectivity index (χ0v) is 8.47. The van der Waals surface area contributed by atoms with Gasteiger partial charge in [-0.2, -0.15) is 0 Å². The van der Waals surface area contributed by atoms with E-state index in [1.165, 1.54) is 12.8 Å². The molecule has 0 heterocycles. The lowest BCUT2D eigenvalue weighted by atomic mass is 9.82. The zero-order valence-electron chi connectivity index (χ0n) is 8.47. The highest BCUT2D eigenvalue weighted by molar-refractivity contribution is 4.81. The van der Waals surface area contributed by atoms with Gasteiger partial charge in [0, 0.05) is 0 Å². The minimum atomic E-state index is 0.450. The molecule has 0 bridgehead atoms. The van der Waals surface area contributed by atoms with E-state index >= 15 is 0 Å². The predicted octanol–water partition coefficient (Wildman–Crippen LogP) is 1.80. The van der Waals surface area contributed by atoms with Crippen LogP contribution >= 0.6 is 0 Å². The number of nitrogens with one attached hydrogen (secondary N) is 1. The molecule has 2 nitrogen and oxygen atoms in total. The average molecular weight is 171 g/mol. The highest BCUT2D eigenvalue weighted by Crippen LogP contribution is 2.30. The van der Waals surface area contributed by atoms with Crippen LogP contribution in [0.2, 0.25) is 0 Å². The summed E-state index contributed by atoms with van der Waals surface area (Å²) in [6, 6.07) is 0.